The van der Waals surface area contributed by atoms with Crippen LogP contribution in [-0.2, 0) is 11.0 Å². The molecule has 0 saturated heterocycles. The van der Waals surface area contributed by atoms with E-state index in [0.29, 0.717) is 27.6 Å². The van der Waals surface area contributed by atoms with Crippen LogP contribution in [0.2, 0.25) is 5.02 Å². The molecular weight excluding hydrogens is 443 g/mol. The summed E-state index contributed by atoms with van der Waals surface area (Å²) in [7, 11) is 2.84. The van der Waals surface area contributed by atoms with E-state index in [2.05, 4.69) is 15.3 Å². The maximum absolute atomic E-state index is 13.1. The van der Waals surface area contributed by atoms with Crippen molar-refractivity contribution >= 4 is 45.9 Å². The number of aromatic nitrogens is 2. The van der Waals surface area contributed by atoms with Crippen molar-refractivity contribution in [3.05, 3.63) is 47.2 Å². The minimum atomic E-state index is -4.70. The molecule has 1 N–H and O–H groups in total. The number of anilines is 1. The summed E-state index contributed by atoms with van der Waals surface area (Å²) in [5.41, 5.74) is 0.458. The number of methoxy groups -OCH3 is 2. The molecule has 3 rings (SSSR count). The van der Waals surface area contributed by atoms with Crippen LogP contribution < -0.4 is 14.8 Å². The molecule has 0 spiro atoms. The van der Waals surface area contributed by atoms with E-state index in [1.807, 2.05) is 0 Å². The number of carbonyl (C=O) groups is 1. The van der Waals surface area contributed by atoms with Crippen LogP contribution in [0.15, 0.2) is 41.4 Å². The fourth-order valence-corrected chi connectivity index (χ4v) is 3.61. The van der Waals surface area contributed by atoms with Gasteiger partial charge in [-0.15, -0.1) is 0 Å². The van der Waals surface area contributed by atoms with Crippen molar-refractivity contribution in [2.75, 3.05) is 25.3 Å². The molecule has 0 aliphatic rings. The molecule has 0 bridgehead atoms. The third-order valence-electron chi connectivity index (χ3n) is 3.91. The zero-order valence-electron chi connectivity index (χ0n) is 15.7. The highest BCUT2D eigenvalue weighted by Crippen LogP contribution is 2.36. The molecule has 1 heterocycles. The number of nitrogens with one attached hydrogen (secondary N) is 1. The molecule has 0 aliphatic heterocycles. The number of para-hydroxylation sites is 1. The second kappa shape index (κ2) is 8.97. The molecule has 3 aromatic rings. The highest BCUT2D eigenvalue weighted by molar-refractivity contribution is 8.00. The van der Waals surface area contributed by atoms with Crippen LogP contribution in [0.4, 0.5) is 18.9 Å². The second-order valence-corrected chi connectivity index (χ2v) is 7.26. The van der Waals surface area contributed by atoms with Crippen LogP contribution in [0.1, 0.15) is 5.82 Å². The van der Waals surface area contributed by atoms with Crippen molar-refractivity contribution in [1.82, 2.24) is 9.97 Å². The first-order chi connectivity index (χ1) is 14.2. The van der Waals surface area contributed by atoms with E-state index >= 15 is 0 Å². The van der Waals surface area contributed by atoms with Gasteiger partial charge in [0, 0.05) is 17.5 Å². The van der Waals surface area contributed by atoms with Crippen LogP contribution in [-0.4, -0.2) is 35.8 Å². The Hall–Kier alpha value is -2.72. The summed E-state index contributed by atoms with van der Waals surface area (Å²) in [6, 6.07) is 9.27. The number of ether oxygens (including phenoxy) is 2. The first kappa shape index (κ1) is 22.0. The third kappa shape index (κ3) is 4.88. The summed E-state index contributed by atoms with van der Waals surface area (Å²) >= 11 is 6.91. The molecule has 0 fully saturated rings. The topological polar surface area (TPSA) is 73.3 Å². The minimum Gasteiger partial charge on any atom is -0.495 e. The van der Waals surface area contributed by atoms with Gasteiger partial charge in [-0.3, -0.25) is 4.79 Å². The van der Waals surface area contributed by atoms with Crippen LogP contribution in [0.3, 0.4) is 0 Å². The fraction of sp³-hybridized carbons (Fsp3) is 0.211. The van der Waals surface area contributed by atoms with Gasteiger partial charge in [-0.1, -0.05) is 41.6 Å². The van der Waals surface area contributed by atoms with Gasteiger partial charge in [-0.2, -0.15) is 13.2 Å². The maximum Gasteiger partial charge on any atom is 0.451 e. The molecule has 30 heavy (non-hydrogen) atoms. The van der Waals surface area contributed by atoms with Crippen LogP contribution in [0.25, 0.3) is 10.9 Å². The lowest BCUT2D eigenvalue weighted by Crippen LogP contribution is -2.16. The lowest BCUT2D eigenvalue weighted by Gasteiger charge is -2.13. The minimum absolute atomic E-state index is 0.0590. The highest BCUT2D eigenvalue weighted by atomic mass is 35.5. The van der Waals surface area contributed by atoms with Crippen molar-refractivity contribution in [1.29, 1.82) is 0 Å². The molecule has 0 saturated carbocycles. The zero-order chi connectivity index (χ0) is 21.9. The van der Waals surface area contributed by atoms with Crippen LogP contribution >= 0.6 is 23.4 Å². The summed E-state index contributed by atoms with van der Waals surface area (Å²) in [5, 5.41) is 3.42. The average molecular weight is 458 g/mol. The predicted octanol–water partition coefficient (Wildman–Crippen LogP) is 5.05. The summed E-state index contributed by atoms with van der Waals surface area (Å²) in [6.07, 6.45) is -4.70. The number of hydrogen-bond acceptors (Lipinski definition) is 6. The zero-order valence-corrected chi connectivity index (χ0v) is 17.3. The second-order valence-electron chi connectivity index (χ2n) is 5.89. The Morgan fingerprint density at radius 1 is 1.13 bits per heavy atom. The Kier molecular flexibility index (Phi) is 6.57. The van der Waals surface area contributed by atoms with E-state index in [-0.39, 0.29) is 16.3 Å². The van der Waals surface area contributed by atoms with E-state index < -0.39 is 17.9 Å². The number of rotatable bonds is 6. The van der Waals surface area contributed by atoms with E-state index in [4.69, 9.17) is 21.1 Å². The van der Waals surface area contributed by atoms with Gasteiger partial charge in [-0.25, -0.2) is 9.97 Å². The smallest absolute Gasteiger partial charge is 0.451 e. The van der Waals surface area contributed by atoms with Gasteiger partial charge in [0.2, 0.25) is 11.7 Å². The van der Waals surface area contributed by atoms with Gasteiger partial charge in [-0.05, 0) is 6.07 Å². The predicted molar refractivity (Wildman–Crippen MR) is 108 cm³/mol. The van der Waals surface area contributed by atoms with Crippen LogP contribution in [0, 0.1) is 0 Å². The molecule has 0 aliphatic carbocycles. The Labute approximate surface area is 178 Å². The van der Waals surface area contributed by atoms with Crippen molar-refractivity contribution in [3.63, 3.8) is 0 Å². The summed E-state index contributed by atoms with van der Waals surface area (Å²) in [5.74, 6) is -1.28. The number of benzene rings is 2. The van der Waals surface area contributed by atoms with Gasteiger partial charge in [0.05, 0.1) is 36.2 Å². The Morgan fingerprint density at radius 2 is 1.83 bits per heavy atom. The quantitative estimate of drug-likeness (QED) is 0.412. The molecule has 11 heteroatoms. The van der Waals surface area contributed by atoms with Gasteiger partial charge < -0.3 is 14.8 Å². The van der Waals surface area contributed by atoms with E-state index in [9.17, 15) is 18.0 Å². The lowest BCUT2D eigenvalue weighted by molar-refractivity contribution is -0.145. The first-order valence-electron chi connectivity index (χ1n) is 8.41. The summed E-state index contributed by atoms with van der Waals surface area (Å²) in [6.45, 7) is 0. The van der Waals surface area contributed by atoms with E-state index in [1.165, 1.54) is 32.4 Å². The summed E-state index contributed by atoms with van der Waals surface area (Å²) in [4.78, 5) is 19.6. The van der Waals surface area contributed by atoms with Crippen molar-refractivity contribution < 1.29 is 27.4 Å². The number of hydrogen-bond donors (Lipinski definition) is 1. The molecule has 1 amide bonds. The normalized spacial score (nSPS) is 11.4. The molecular formula is C19H15ClF3N3O3S. The van der Waals surface area contributed by atoms with Crippen molar-refractivity contribution in [2.24, 2.45) is 0 Å². The maximum atomic E-state index is 13.1. The number of thioether (sulfide) groups is 1. The third-order valence-corrected chi connectivity index (χ3v) is 5.20. The van der Waals surface area contributed by atoms with Gasteiger partial charge in [0.15, 0.2) is 0 Å². The molecule has 1 aromatic heterocycles. The first-order valence-corrected chi connectivity index (χ1v) is 9.77. The molecule has 0 unspecified atom stereocenters. The van der Waals surface area contributed by atoms with Gasteiger partial charge >= 0.3 is 6.18 Å². The fourth-order valence-electron chi connectivity index (χ4n) is 2.56. The number of carbonyl (C=O) groups excluding carboxylic acids is 1. The standard InChI is InChI=1S/C19H15ClF3N3O3S/c1-28-14-8-13(15(29-2)7-11(14)20)24-16(27)9-30-17-10-5-3-4-6-12(10)25-18(26-17)19(21,22)23/h3-8H,9H2,1-2H3,(H,24,27). The summed E-state index contributed by atoms with van der Waals surface area (Å²) < 4.78 is 49.7. The highest BCUT2D eigenvalue weighted by Gasteiger charge is 2.35. The van der Waals surface area contributed by atoms with E-state index in [1.54, 1.807) is 18.2 Å². The number of fused-ring (bicyclic) bond motifs is 1. The number of halogens is 4. The Balaban J connectivity index is 1.82. The largest absolute Gasteiger partial charge is 0.495 e. The molecule has 6 nitrogen and oxygen atoms in total. The lowest BCUT2D eigenvalue weighted by atomic mass is 10.2. The molecule has 0 atom stereocenters. The molecule has 0 radical (unpaired) electrons. The average Bonchev–Trinajstić information content (AvgIpc) is 2.72. The van der Waals surface area contributed by atoms with Gasteiger partial charge in [0.1, 0.15) is 16.5 Å². The molecule has 2 aromatic carbocycles. The van der Waals surface area contributed by atoms with Crippen molar-refractivity contribution in [2.45, 2.75) is 11.2 Å². The Morgan fingerprint density at radius 3 is 2.50 bits per heavy atom. The van der Waals surface area contributed by atoms with Crippen molar-refractivity contribution in [3.8, 4) is 11.5 Å². The SMILES string of the molecule is COc1cc(NC(=O)CSc2nc(C(F)(F)F)nc3ccccc23)c(OC)cc1Cl. The molecule has 158 valence electrons. The Bertz CT molecular complexity index is 1100. The number of alkyl halides is 3. The van der Waals surface area contributed by atoms with E-state index in [0.717, 1.165) is 11.8 Å². The van der Waals surface area contributed by atoms with Crippen LogP contribution in [0.5, 0.6) is 11.5 Å². The number of amides is 1. The number of nitrogens with zero attached hydrogens (tertiary/aromatic N) is 2. The van der Waals surface area contributed by atoms with Gasteiger partial charge in [0.25, 0.3) is 0 Å². The monoisotopic (exact) mass is 457 g/mol.